The Hall–Kier alpha value is -1.89. The molecule has 100 valence electrons. The van der Waals surface area contributed by atoms with Gasteiger partial charge in [-0.15, -0.1) is 0 Å². The van der Waals surface area contributed by atoms with Crippen LogP contribution >= 0.6 is 0 Å². The van der Waals surface area contributed by atoms with Crippen LogP contribution in [0.25, 0.3) is 11.1 Å². The van der Waals surface area contributed by atoms with Crippen LogP contribution in [0, 0.1) is 0 Å². The summed E-state index contributed by atoms with van der Waals surface area (Å²) in [5, 5.41) is 0. The molecule has 1 nitrogen and oxygen atoms in total. The highest BCUT2D eigenvalue weighted by Gasteiger charge is 2.25. The molecule has 2 aliphatic rings. The lowest BCUT2D eigenvalue weighted by molar-refractivity contribution is -0.109. The van der Waals surface area contributed by atoms with E-state index in [1.54, 1.807) is 0 Å². The van der Waals surface area contributed by atoms with E-state index >= 15 is 0 Å². The molecule has 2 aromatic carbocycles. The van der Waals surface area contributed by atoms with E-state index in [0.717, 1.165) is 12.7 Å². The van der Waals surface area contributed by atoms with E-state index in [1.165, 1.54) is 59.1 Å². The lowest BCUT2D eigenvalue weighted by Gasteiger charge is -2.27. The molecule has 0 heterocycles. The van der Waals surface area contributed by atoms with Crippen LogP contribution in [0.5, 0.6) is 0 Å². The van der Waals surface area contributed by atoms with Crippen molar-refractivity contribution in [1.29, 1.82) is 0 Å². The molecule has 0 aliphatic heterocycles. The van der Waals surface area contributed by atoms with Crippen molar-refractivity contribution in [3.8, 4) is 11.1 Å². The number of aldehydes is 1. The first-order valence-electron chi connectivity index (χ1n) is 7.56. The largest absolute Gasteiger partial charge is 0.303 e. The van der Waals surface area contributed by atoms with Gasteiger partial charge in [0.25, 0.3) is 0 Å². The molecule has 0 N–H and O–H groups in total. The van der Waals surface area contributed by atoms with E-state index in [9.17, 15) is 4.79 Å². The lowest BCUT2D eigenvalue weighted by Crippen LogP contribution is -2.14. The van der Waals surface area contributed by atoms with E-state index in [0.29, 0.717) is 0 Å². The van der Waals surface area contributed by atoms with Gasteiger partial charge in [0.05, 0.1) is 0 Å². The van der Waals surface area contributed by atoms with E-state index in [-0.39, 0.29) is 5.92 Å². The minimum absolute atomic E-state index is 0.0281. The van der Waals surface area contributed by atoms with Gasteiger partial charge in [-0.05, 0) is 65.5 Å². The summed E-state index contributed by atoms with van der Waals surface area (Å²) in [4.78, 5) is 11.4. The Bertz CT molecular complexity index is 684. The smallest absolute Gasteiger partial charge is 0.127 e. The molecule has 0 aromatic heterocycles. The molecule has 2 aromatic rings. The number of rotatable bonds is 1. The molecule has 0 bridgehead atoms. The molecule has 0 saturated carbocycles. The highest BCUT2D eigenvalue weighted by Crippen LogP contribution is 2.41. The predicted molar refractivity (Wildman–Crippen MR) is 81.0 cm³/mol. The monoisotopic (exact) mass is 262 g/mol. The van der Waals surface area contributed by atoms with Gasteiger partial charge < -0.3 is 4.79 Å². The van der Waals surface area contributed by atoms with Crippen LogP contribution in [0.3, 0.4) is 0 Å². The fraction of sp³-hybridized carbons (Fsp3) is 0.316. The van der Waals surface area contributed by atoms with Gasteiger partial charge in [0.15, 0.2) is 0 Å². The fourth-order valence-corrected chi connectivity index (χ4v) is 3.79. The average Bonchev–Trinajstić information content (AvgIpc) is 2.52. The van der Waals surface area contributed by atoms with Crippen LogP contribution in [-0.4, -0.2) is 6.29 Å². The summed E-state index contributed by atoms with van der Waals surface area (Å²) >= 11 is 0. The fourth-order valence-electron chi connectivity index (χ4n) is 3.79. The van der Waals surface area contributed by atoms with Gasteiger partial charge in [0.2, 0.25) is 0 Å². The standard InChI is InChI=1S/C19H18O/c20-12-16-10-15-9-13-5-1-2-6-14(13)11-19(15)18-8-4-3-7-17(16)18/h3-4,7-9,11-12,16H,1-2,5-6,10H2/t16-/m0/s1. The van der Waals surface area contributed by atoms with Gasteiger partial charge >= 0.3 is 0 Å². The molecule has 1 atom stereocenters. The molecule has 0 radical (unpaired) electrons. The number of aryl methyl sites for hydroxylation is 2. The van der Waals surface area contributed by atoms with Crippen molar-refractivity contribution < 1.29 is 4.79 Å². The normalized spacial score (nSPS) is 19.7. The minimum Gasteiger partial charge on any atom is -0.303 e. The van der Waals surface area contributed by atoms with Crippen molar-refractivity contribution in [1.82, 2.24) is 0 Å². The summed E-state index contributed by atoms with van der Waals surface area (Å²) in [5.41, 5.74) is 8.22. The zero-order valence-corrected chi connectivity index (χ0v) is 11.6. The van der Waals surface area contributed by atoms with E-state index < -0.39 is 0 Å². The summed E-state index contributed by atoms with van der Waals surface area (Å²) in [7, 11) is 0. The van der Waals surface area contributed by atoms with Crippen molar-refractivity contribution in [2.45, 2.75) is 38.0 Å². The van der Waals surface area contributed by atoms with Gasteiger partial charge in [0, 0.05) is 5.92 Å². The summed E-state index contributed by atoms with van der Waals surface area (Å²) < 4.78 is 0. The average molecular weight is 262 g/mol. The predicted octanol–water partition coefficient (Wildman–Crippen LogP) is 4.07. The van der Waals surface area contributed by atoms with Crippen molar-refractivity contribution in [2.75, 3.05) is 0 Å². The third-order valence-electron chi connectivity index (χ3n) is 4.82. The molecule has 2 aliphatic carbocycles. The molecule has 0 unspecified atom stereocenters. The Balaban J connectivity index is 1.94. The molecule has 0 saturated heterocycles. The maximum atomic E-state index is 11.4. The van der Waals surface area contributed by atoms with Crippen LogP contribution in [0.1, 0.15) is 41.0 Å². The molecule has 1 heteroatoms. The quantitative estimate of drug-likeness (QED) is 0.708. The maximum absolute atomic E-state index is 11.4. The molecule has 20 heavy (non-hydrogen) atoms. The van der Waals surface area contributed by atoms with Crippen LogP contribution in [0.2, 0.25) is 0 Å². The van der Waals surface area contributed by atoms with Gasteiger partial charge in [-0.1, -0.05) is 36.4 Å². The van der Waals surface area contributed by atoms with Crippen LogP contribution in [0.4, 0.5) is 0 Å². The third-order valence-corrected chi connectivity index (χ3v) is 4.82. The number of carbonyl (C=O) groups excluding carboxylic acids is 1. The Morgan fingerprint density at radius 1 is 0.900 bits per heavy atom. The van der Waals surface area contributed by atoms with Gasteiger partial charge in [-0.2, -0.15) is 0 Å². The van der Waals surface area contributed by atoms with Gasteiger partial charge in [0.1, 0.15) is 6.29 Å². The molecular weight excluding hydrogens is 244 g/mol. The first kappa shape index (κ1) is 11.9. The zero-order valence-electron chi connectivity index (χ0n) is 11.6. The molecule has 0 amide bonds. The Labute approximate surface area is 119 Å². The molecule has 0 spiro atoms. The Morgan fingerprint density at radius 3 is 2.45 bits per heavy atom. The SMILES string of the molecule is O=C[C@@H]1Cc2cc3c(cc2-c2ccccc21)CCCC3. The molecule has 0 fully saturated rings. The number of carbonyl (C=O) groups is 1. The highest BCUT2D eigenvalue weighted by atomic mass is 16.1. The van der Waals surface area contributed by atoms with Crippen LogP contribution < -0.4 is 0 Å². The third kappa shape index (κ3) is 1.73. The van der Waals surface area contributed by atoms with Crippen molar-refractivity contribution in [2.24, 2.45) is 0 Å². The second-order valence-corrected chi connectivity index (χ2v) is 6.02. The number of hydrogen-bond acceptors (Lipinski definition) is 1. The number of hydrogen-bond donors (Lipinski definition) is 0. The minimum atomic E-state index is 0.0281. The first-order valence-corrected chi connectivity index (χ1v) is 7.56. The second kappa shape index (κ2) is 4.59. The summed E-state index contributed by atoms with van der Waals surface area (Å²) in [6.45, 7) is 0. The van der Waals surface area contributed by atoms with Crippen molar-refractivity contribution >= 4 is 6.29 Å². The summed E-state index contributed by atoms with van der Waals surface area (Å²) in [5.74, 6) is 0.0281. The Kier molecular flexibility index (Phi) is 2.73. The van der Waals surface area contributed by atoms with E-state index in [2.05, 4.69) is 30.3 Å². The number of benzene rings is 2. The second-order valence-electron chi connectivity index (χ2n) is 6.02. The molecule has 4 rings (SSSR count). The topological polar surface area (TPSA) is 17.1 Å². The Morgan fingerprint density at radius 2 is 1.65 bits per heavy atom. The van der Waals surface area contributed by atoms with Gasteiger partial charge in [-0.25, -0.2) is 0 Å². The molecular formula is C19H18O. The maximum Gasteiger partial charge on any atom is 0.127 e. The summed E-state index contributed by atoms with van der Waals surface area (Å²) in [6, 6.07) is 13.2. The van der Waals surface area contributed by atoms with Crippen LogP contribution in [0.15, 0.2) is 36.4 Å². The van der Waals surface area contributed by atoms with Crippen molar-refractivity contribution in [3.05, 3.63) is 58.7 Å². The van der Waals surface area contributed by atoms with Gasteiger partial charge in [-0.3, -0.25) is 0 Å². The van der Waals surface area contributed by atoms with E-state index in [4.69, 9.17) is 0 Å². The summed E-state index contributed by atoms with van der Waals surface area (Å²) in [6.07, 6.45) is 7.01. The lowest BCUT2D eigenvalue weighted by atomic mass is 9.76. The first-order chi connectivity index (χ1) is 9.86. The number of fused-ring (bicyclic) bond motifs is 4. The van der Waals surface area contributed by atoms with Crippen molar-refractivity contribution in [3.63, 3.8) is 0 Å². The highest BCUT2D eigenvalue weighted by molar-refractivity contribution is 5.81. The van der Waals surface area contributed by atoms with Crippen LogP contribution in [-0.2, 0) is 24.1 Å². The van der Waals surface area contributed by atoms with E-state index in [1.807, 2.05) is 6.07 Å². The zero-order chi connectivity index (χ0) is 13.5.